The van der Waals surface area contributed by atoms with Crippen molar-refractivity contribution in [1.29, 1.82) is 0 Å². The normalized spacial score (nSPS) is 35.4. The van der Waals surface area contributed by atoms with Crippen LogP contribution in [0.4, 0.5) is 13.2 Å². The van der Waals surface area contributed by atoms with Gasteiger partial charge in [0.15, 0.2) is 0 Å². The molecule has 0 aromatic rings. The average molecular weight is 386 g/mol. The number of fused-ring (bicyclic) bond motifs is 2. The lowest BCUT2D eigenvalue weighted by atomic mass is 9.76. The quantitative estimate of drug-likeness (QED) is 0.527. The van der Waals surface area contributed by atoms with Gasteiger partial charge in [0.2, 0.25) is 0 Å². The zero-order valence-electron chi connectivity index (χ0n) is 13.1. The summed E-state index contributed by atoms with van der Waals surface area (Å²) in [6.07, 6.45) is 6.72. The molecule has 0 spiro atoms. The first-order valence-electron chi connectivity index (χ1n) is 8.38. The molecule has 3 saturated carbocycles. The average Bonchev–Trinajstić information content (AvgIpc) is 3.11. The predicted octanol–water partition coefficient (Wildman–Crippen LogP) is 4.06. The van der Waals surface area contributed by atoms with Crippen LogP contribution < -0.4 is 0 Å². The van der Waals surface area contributed by atoms with Gasteiger partial charge in [0.25, 0.3) is 0 Å². The van der Waals surface area contributed by atoms with Crippen LogP contribution in [0, 0.1) is 23.7 Å². The maximum absolute atomic E-state index is 12.5. The van der Waals surface area contributed by atoms with E-state index in [1.807, 2.05) is 0 Å². The molecule has 2 bridgehead atoms. The van der Waals surface area contributed by atoms with Gasteiger partial charge >= 0.3 is 15.6 Å². The van der Waals surface area contributed by atoms with Gasteiger partial charge in [0, 0.05) is 29.6 Å². The molecule has 0 aromatic heterocycles. The molecule has 4 nitrogen and oxygen atoms in total. The van der Waals surface area contributed by atoms with Crippen LogP contribution in [0.5, 0.6) is 0 Å². The Balaban J connectivity index is 1.76. The number of rotatable bonds is 5. The van der Waals surface area contributed by atoms with Crippen molar-refractivity contribution < 1.29 is 30.0 Å². The monoisotopic (exact) mass is 386 g/mol. The van der Waals surface area contributed by atoms with E-state index in [1.54, 1.807) is 0 Å². The van der Waals surface area contributed by atoms with Gasteiger partial charge in [-0.15, -0.1) is 0 Å². The van der Waals surface area contributed by atoms with Crippen LogP contribution >= 0.6 is 12.0 Å². The molecular formula is C15H21F3O4S2. The van der Waals surface area contributed by atoms with Gasteiger partial charge in [0.05, 0.1) is 0 Å². The third-order valence-corrected chi connectivity index (χ3v) is 8.23. The van der Waals surface area contributed by atoms with Crippen LogP contribution in [-0.4, -0.2) is 25.0 Å². The summed E-state index contributed by atoms with van der Waals surface area (Å²) in [5.74, 6) is 0.649. The van der Waals surface area contributed by atoms with Gasteiger partial charge in [-0.1, -0.05) is 12.8 Å². The third-order valence-electron chi connectivity index (χ3n) is 5.74. The summed E-state index contributed by atoms with van der Waals surface area (Å²) in [7, 11) is -5.64. The zero-order chi connectivity index (χ0) is 17.5. The van der Waals surface area contributed by atoms with Gasteiger partial charge in [-0.2, -0.15) is 25.2 Å². The lowest BCUT2D eigenvalue weighted by molar-refractivity contribution is -0.125. The minimum absolute atomic E-state index is 0.0366. The molecule has 138 valence electrons. The van der Waals surface area contributed by atoms with Gasteiger partial charge in [-0.3, -0.25) is 4.79 Å². The second-order valence-corrected chi connectivity index (χ2v) is 9.84. The molecule has 5 atom stereocenters. The molecule has 0 aliphatic heterocycles. The molecule has 0 saturated heterocycles. The van der Waals surface area contributed by atoms with Crippen molar-refractivity contribution in [3.63, 3.8) is 0 Å². The third kappa shape index (κ3) is 3.62. The summed E-state index contributed by atoms with van der Waals surface area (Å²) in [6.45, 7) is 0. The summed E-state index contributed by atoms with van der Waals surface area (Å²) < 4.78 is 64.4. The van der Waals surface area contributed by atoms with E-state index in [1.165, 1.54) is 0 Å². The molecule has 0 amide bonds. The second kappa shape index (κ2) is 6.79. The fraction of sp³-hybridized carbons (Fsp3) is 0.933. The van der Waals surface area contributed by atoms with Crippen molar-refractivity contribution >= 4 is 27.9 Å². The Morgan fingerprint density at radius 2 is 1.88 bits per heavy atom. The van der Waals surface area contributed by atoms with Gasteiger partial charge in [-0.25, -0.2) is 0 Å². The van der Waals surface area contributed by atoms with Crippen LogP contribution in [0.3, 0.4) is 0 Å². The smallest absolute Gasteiger partial charge is 0.299 e. The van der Waals surface area contributed by atoms with Gasteiger partial charge < -0.3 is 0 Å². The molecule has 3 rings (SSSR count). The number of carbonyl (C=O) groups excluding carboxylic acids is 1. The molecule has 0 heterocycles. The zero-order valence-corrected chi connectivity index (χ0v) is 14.8. The first-order chi connectivity index (χ1) is 11.2. The molecular weight excluding hydrogens is 365 g/mol. The van der Waals surface area contributed by atoms with E-state index < -0.39 is 26.8 Å². The maximum atomic E-state index is 12.5. The Kier molecular flexibility index (Phi) is 5.24. The van der Waals surface area contributed by atoms with E-state index in [0.717, 1.165) is 38.5 Å². The summed E-state index contributed by atoms with van der Waals surface area (Å²) >= 11 is 0.374. The summed E-state index contributed by atoms with van der Waals surface area (Å²) in [6, 6.07) is 0. The summed E-state index contributed by atoms with van der Waals surface area (Å²) in [4.78, 5) is 12.3. The number of Topliss-reactive ketones (excluding diaryl/α,β-unsaturated/α-hetero) is 1. The highest BCUT2D eigenvalue weighted by Gasteiger charge is 2.51. The standard InChI is InChI=1S/C15H21F3O4S2/c16-15(17,18)24(20,21)22-23-14(11-3-1-2-4-13(11)19)12-8-9-5-6-10(12)7-9/h9-12,14H,1-8H2. The fourth-order valence-electron chi connectivity index (χ4n) is 4.63. The van der Waals surface area contributed by atoms with E-state index in [-0.39, 0.29) is 11.7 Å². The van der Waals surface area contributed by atoms with Crippen molar-refractivity contribution in [3.05, 3.63) is 0 Å². The highest BCUT2D eigenvalue weighted by atomic mass is 32.3. The van der Waals surface area contributed by atoms with E-state index in [4.69, 9.17) is 0 Å². The van der Waals surface area contributed by atoms with E-state index >= 15 is 0 Å². The molecule has 3 aliphatic rings. The van der Waals surface area contributed by atoms with Crippen molar-refractivity contribution in [3.8, 4) is 0 Å². The summed E-state index contributed by atoms with van der Waals surface area (Å²) in [5.41, 5.74) is -5.43. The lowest BCUT2D eigenvalue weighted by Gasteiger charge is -2.35. The highest BCUT2D eigenvalue weighted by molar-refractivity contribution is 8.05. The largest absolute Gasteiger partial charge is 0.524 e. The number of hydrogen-bond donors (Lipinski definition) is 0. The van der Waals surface area contributed by atoms with Gasteiger partial charge in [-0.05, 0) is 49.9 Å². The Labute approximate surface area is 144 Å². The van der Waals surface area contributed by atoms with Crippen molar-refractivity contribution in [1.82, 2.24) is 0 Å². The van der Waals surface area contributed by atoms with Crippen LogP contribution in [0.25, 0.3) is 0 Å². The summed E-state index contributed by atoms with van der Waals surface area (Å²) in [5, 5.41) is -0.495. The first kappa shape index (κ1) is 18.5. The van der Waals surface area contributed by atoms with E-state index in [9.17, 15) is 26.4 Å². The number of alkyl halides is 3. The van der Waals surface area contributed by atoms with Crippen LogP contribution in [0.1, 0.15) is 51.4 Å². The van der Waals surface area contributed by atoms with Crippen LogP contribution in [0.2, 0.25) is 0 Å². The first-order valence-corrected chi connectivity index (χ1v) is 10.6. The number of hydrogen-bond acceptors (Lipinski definition) is 5. The van der Waals surface area contributed by atoms with Crippen LogP contribution in [0.15, 0.2) is 0 Å². The molecule has 24 heavy (non-hydrogen) atoms. The molecule has 5 unspecified atom stereocenters. The lowest BCUT2D eigenvalue weighted by Crippen LogP contribution is -2.37. The van der Waals surface area contributed by atoms with Crippen molar-refractivity contribution in [2.75, 3.05) is 0 Å². The molecule has 0 N–H and O–H groups in total. The number of carbonyl (C=O) groups is 1. The highest BCUT2D eigenvalue weighted by Crippen LogP contribution is 2.54. The Bertz CT molecular complexity index is 590. The number of ketones is 1. The van der Waals surface area contributed by atoms with Crippen molar-refractivity contribution in [2.45, 2.75) is 62.1 Å². The van der Waals surface area contributed by atoms with Crippen LogP contribution in [-0.2, 0) is 18.5 Å². The minimum Gasteiger partial charge on any atom is -0.299 e. The maximum Gasteiger partial charge on any atom is 0.524 e. The molecule has 3 aliphatic carbocycles. The topological polar surface area (TPSA) is 60.4 Å². The fourth-order valence-corrected chi connectivity index (χ4v) is 6.61. The Morgan fingerprint density at radius 1 is 1.12 bits per heavy atom. The van der Waals surface area contributed by atoms with Crippen molar-refractivity contribution in [2.24, 2.45) is 23.7 Å². The molecule has 9 heteroatoms. The van der Waals surface area contributed by atoms with Gasteiger partial charge in [0.1, 0.15) is 5.78 Å². The Hall–Kier alpha value is -0.280. The Morgan fingerprint density at radius 3 is 2.42 bits per heavy atom. The SMILES string of the molecule is O=C1CCCCC1C(SOS(=O)(=O)C(F)(F)F)C1CC2CCC1C2. The van der Waals surface area contributed by atoms with E-state index in [0.29, 0.717) is 36.7 Å². The molecule has 3 fully saturated rings. The van der Waals surface area contributed by atoms with E-state index in [2.05, 4.69) is 3.63 Å². The molecule has 0 aromatic carbocycles. The predicted molar refractivity (Wildman–Crippen MR) is 83.3 cm³/mol. The minimum atomic E-state index is -5.64. The number of halogens is 3. The molecule has 0 radical (unpaired) electrons. The second-order valence-electron chi connectivity index (χ2n) is 7.19.